The maximum atomic E-state index is 11.5. The summed E-state index contributed by atoms with van der Waals surface area (Å²) in [7, 11) is -3.33. The molecule has 0 aliphatic carbocycles. The van der Waals surface area contributed by atoms with Crippen molar-refractivity contribution in [2.75, 3.05) is 11.0 Å². The van der Waals surface area contributed by atoms with Crippen molar-refractivity contribution in [3.63, 3.8) is 0 Å². The van der Waals surface area contributed by atoms with Gasteiger partial charge in [-0.3, -0.25) is 9.52 Å². The maximum Gasteiger partial charge on any atom is 0.248 e. The second-order valence-electron chi connectivity index (χ2n) is 5.98. The number of H-pyrrole nitrogens is 1. The zero-order valence-corrected chi connectivity index (χ0v) is 14.5. The van der Waals surface area contributed by atoms with Crippen molar-refractivity contribution in [3.8, 4) is 11.1 Å². The highest BCUT2D eigenvalue weighted by Gasteiger charge is 2.09. The summed E-state index contributed by atoms with van der Waals surface area (Å²) < 4.78 is 25.4. The zero-order chi connectivity index (χ0) is 17.5. The van der Waals surface area contributed by atoms with E-state index in [1.807, 2.05) is 38.1 Å². The van der Waals surface area contributed by atoms with Gasteiger partial charge in [0.25, 0.3) is 0 Å². The molecule has 0 aliphatic heterocycles. The van der Waals surface area contributed by atoms with E-state index < -0.39 is 10.0 Å². The van der Waals surface area contributed by atoms with E-state index in [2.05, 4.69) is 9.71 Å². The van der Waals surface area contributed by atoms with Gasteiger partial charge in [-0.05, 0) is 71.8 Å². The van der Waals surface area contributed by atoms with Crippen molar-refractivity contribution < 1.29 is 8.42 Å². The summed E-state index contributed by atoms with van der Waals surface area (Å²) in [4.78, 5) is 14.3. The molecule has 0 spiro atoms. The van der Waals surface area contributed by atoms with Gasteiger partial charge in [-0.1, -0.05) is 6.07 Å². The second-order valence-corrected chi connectivity index (χ2v) is 7.73. The average Bonchev–Trinajstić information content (AvgIpc) is 2.48. The maximum absolute atomic E-state index is 11.5. The van der Waals surface area contributed by atoms with Crippen LogP contribution in [0.2, 0.25) is 0 Å². The van der Waals surface area contributed by atoms with Crippen LogP contribution in [0.3, 0.4) is 0 Å². The van der Waals surface area contributed by atoms with E-state index in [1.165, 1.54) is 6.07 Å². The fraction of sp³-hybridized carbons (Fsp3) is 0.167. The van der Waals surface area contributed by atoms with Crippen LogP contribution in [0.1, 0.15) is 11.1 Å². The fourth-order valence-corrected chi connectivity index (χ4v) is 3.37. The number of hydrogen-bond donors (Lipinski definition) is 2. The molecule has 0 atom stereocenters. The molecule has 6 heteroatoms. The Morgan fingerprint density at radius 1 is 0.958 bits per heavy atom. The molecule has 0 saturated heterocycles. The first-order valence-corrected chi connectivity index (χ1v) is 9.34. The highest BCUT2D eigenvalue weighted by atomic mass is 32.2. The van der Waals surface area contributed by atoms with E-state index in [4.69, 9.17) is 0 Å². The lowest BCUT2D eigenvalue weighted by Crippen LogP contribution is -2.09. The van der Waals surface area contributed by atoms with Gasteiger partial charge in [0, 0.05) is 11.8 Å². The number of aromatic amines is 1. The molecule has 0 radical (unpaired) electrons. The van der Waals surface area contributed by atoms with E-state index in [1.54, 1.807) is 12.1 Å². The van der Waals surface area contributed by atoms with Crippen LogP contribution in [-0.4, -0.2) is 19.7 Å². The monoisotopic (exact) mass is 342 g/mol. The molecule has 0 bridgehead atoms. The van der Waals surface area contributed by atoms with Gasteiger partial charge in [-0.2, -0.15) is 0 Å². The van der Waals surface area contributed by atoms with Crippen molar-refractivity contribution in [2.24, 2.45) is 0 Å². The first-order chi connectivity index (χ1) is 11.2. The van der Waals surface area contributed by atoms with E-state index in [0.29, 0.717) is 5.69 Å². The van der Waals surface area contributed by atoms with Crippen molar-refractivity contribution in [3.05, 3.63) is 63.9 Å². The van der Waals surface area contributed by atoms with Gasteiger partial charge in [0.2, 0.25) is 15.6 Å². The predicted molar refractivity (Wildman–Crippen MR) is 97.9 cm³/mol. The van der Waals surface area contributed by atoms with Gasteiger partial charge in [0.05, 0.1) is 11.8 Å². The largest absolute Gasteiger partial charge is 0.322 e. The third-order valence-corrected chi connectivity index (χ3v) is 4.49. The summed E-state index contributed by atoms with van der Waals surface area (Å²) in [5.41, 5.74) is 5.13. The molecule has 24 heavy (non-hydrogen) atoms. The number of anilines is 1. The Labute approximate surface area is 140 Å². The van der Waals surface area contributed by atoms with Crippen molar-refractivity contribution >= 4 is 26.6 Å². The Bertz CT molecular complexity index is 1100. The molecule has 1 aromatic heterocycles. The van der Waals surface area contributed by atoms with E-state index in [0.717, 1.165) is 39.4 Å². The summed E-state index contributed by atoms with van der Waals surface area (Å²) in [5, 5.41) is 0.936. The second kappa shape index (κ2) is 5.79. The normalized spacial score (nSPS) is 11.6. The first-order valence-electron chi connectivity index (χ1n) is 7.45. The van der Waals surface area contributed by atoms with Crippen molar-refractivity contribution in [1.82, 2.24) is 4.98 Å². The number of rotatable bonds is 3. The van der Waals surface area contributed by atoms with Gasteiger partial charge < -0.3 is 4.98 Å². The minimum atomic E-state index is -3.33. The van der Waals surface area contributed by atoms with Crippen LogP contribution >= 0.6 is 0 Å². The number of benzene rings is 2. The smallest absolute Gasteiger partial charge is 0.248 e. The summed E-state index contributed by atoms with van der Waals surface area (Å²) in [5.74, 6) is 0. The third kappa shape index (κ3) is 3.33. The van der Waals surface area contributed by atoms with Crippen LogP contribution < -0.4 is 10.3 Å². The number of pyridine rings is 1. The average molecular weight is 342 g/mol. The molecule has 124 valence electrons. The zero-order valence-electron chi connectivity index (χ0n) is 13.7. The highest BCUT2D eigenvalue weighted by Crippen LogP contribution is 2.30. The summed E-state index contributed by atoms with van der Waals surface area (Å²) in [6, 6.07) is 12.7. The Balaban J connectivity index is 2.18. The molecule has 0 aliphatic rings. The van der Waals surface area contributed by atoms with Gasteiger partial charge in [-0.25, -0.2) is 8.42 Å². The number of fused-ring (bicyclic) bond motifs is 1. The molecule has 2 aromatic carbocycles. The number of sulfonamides is 1. The Morgan fingerprint density at radius 3 is 2.42 bits per heavy atom. The van der Waals surface area contributed by atoms with Crippen LogP contribution in [0, 0.1) is 13.8 Å². The molecule has 5 nitrogen and oxygen atoms in total. The molecule has 0 unspecified atom stereocenters. The summed E-state index contributed by atoms with van der Waals surface area (Å²) in [6.07, 6.45) is 1.13. The molecule has 1 heterocycles. The van der Waals surface area contributed by atoms with E-state index >= 15 is 0 Å². The Kier molecular flexibility index (Phi) is 3.93. The quantitative estimate of drug-likeness (QED) is 0.767. The fourth-order valence-electron chi connectivity index (χ4n) is 2.81. The standard InChI is InChI=1S/C18H18N2O3S/c1-11-4-6-15(20-24(3,22)23)10-16(11)14-8-12(2)18-13(9-14)5-7-17(21)19-18/h4-10,20H,1-3H3,(H,19,21). The molecule has 0 fully saturated rings. The van der Waals surface area contributed by atoms with Crippen molar-refractivity contribution in [1.29, 1.82) is 0 Å². The lowest BCUT2D eigenvalue weighted by molar-refractivity contribution is 0.607. The van der Waals surface area contributed by atoms with Crippen LogP contribution in [0.5, 0.6) is 0 Å². The Hall–Kier alpha value is -2.60. The summed E-state index contributed by atoms with van der Waals surface area (Å²) in [6.45, 7) is 3.92. The van der Waals surface area contributed by atoms with E-state index in [9.17, 15) is 13.2 Å². The lowest BCUT2D eigenvalue weighted by atomic mass is 9.96. The number of hydrogen-bond acceptors (Lipinski definition) is 3. The minimum absolute atomic E-state index is 0.131. The predicted octanol–water partition coefficient (Wildman–Crippen LogP) is 3.18. The molecule has 0 amide bonds. The van der Waals surface area contributed by atoms with Gasteiger partial charge in [0.1, 0.15) is 0 Å². The topological polar surface area (TPSA) is 79.0 Å². The van der Waals surface area contributed by atoms with Gasteiger partial charge in [0.15, 0.2) is 0 Å². The van der Waals surface area contributed by atoms with Gasteiger partial charge in [-0.15, -0.1) is 0 Å². The van der Waals surface area contributed by atoms with Crippen LogP contribution in [0.15, 0.2) is 47.3 Å². The molecule has 3 rings (SSSR count). The number of nitrogens with one attached hydrogen (secondary N) is 2. The molecular formula is C18H18N2O3S. The van der Waals surface area contributed by atoms with Crippen LogP contribution in [-0.2, 0) is 10.0 Å². The van der Waals surface area contributed by atoms with E-state index in [-0.39, 0.29) is 5.56 Å². The van der Waals surface area contributed by atoms with Gasteiger partial charge >= 0.3 is 0 Å². The Morgan fingerprint density at radius 2 is 1.71 bits per heavy atom. The molecule has 3 aromatic rings. The number of aromatic nitrogens is 1. The molecule has 2 N–H and O–H groups in total. The third-order valence-electron chi connectivity index (χ3n) is 3.88. The van der Waals surface area contributed by atoms with Crippen LogP contribution in [0.4, 0.5) is 5.69 Å². The minimum Gasteiger partial charge on any atom is -0.322 e. The molecule has 0 saturated carbocycles. The van der Waals surface area contributed by atoms with Crippen molar-refractivity contribution in [2.45, 2.75) is 13.8 Å². The highest BCUT2D eigenvalue weighted by molar-refractivity contribution is 7.92. The SMILES string of the molecule is Cc1ccc(NS(C)(=O)=O)cc1-c1cc(C)c2[nH]c(=O)ccc2c1. The molecular weight excluding hydrogens is 324 g/mol. The first kappa shape index (κ1) is 16.3. The lowest BCUT2D eigenvalue weighted by Gasteiger charge is -2.12. The summed E-state index contributed by atoms with van der Waals surface area (Å²) >= 11 is 0. The number of aryl methyl sites for hydroxylation is 2. The van der Waals surface area contributed by atoms with Crippen LogP contribution in [0.25, 0.3) is 22.0 Å².